The molecule has 12 nitrogen and oxygen atoms in total. The molecule has 5 aliphatic rings. The number of rotatable bonds is 8. The van der Waals surface area contributed by atoms with E-state index >= 15 is 0 Å². The Bertz CT molecular complexity index is 2020. The first kappa shape index (κ1) is 35.8. The van der Waals surface area contributed by atoms with Crippen molar-refractivity contribution in [2.24, 2.45) is 5.92 Å². The number of ether oxygens (including phenoxy) is 1. The summed E-state index contributed by atoms with van der Waals surface area (Å²) in [5.41, 5.74) is 4.92. The van der Waals surface area contributed by atoms with Crippen LogP contribution in [0.3, 0.4) is 0 Å². The van der Waals surface area contributed by atoms with E-state index in [2.05, 4.69) is 26.5 Å². The van der Waals surface area contributed by atoms with Crippen LogP contribution in [0.15, 0.2) is 54.6 Å². The molecular weight excluding hydrogens is 708 g/mol. The first-order valence-corrected chi connectivity index (χ1v) is 19.1. The highest BCUT2D eigenvalue weighted by atomic mass is 35.5. The maximum Gasteiger partial charge on any atom is 0.262 e. The van der Waals surface area contributed by atoms with Gasteiger partial charge in [0.1, 0.15) is 17.9 Å². The van der Waals surface area contributed by atoms with E-state index in [4.69, 9.17) is 21.6 Å². The highest BCUT2D eigenvalue weighted by Gasteiger charge is 2.45. The van der Waals surface area contributed by atoms with E-state index in [1.807, 2.05) is 36.4 Å². The number of hydrogen-bond acceptors (Lipinski definition) is 9. The Hall–Kier alpha value is -5.25. The van der Waals surface area contributed by atoms with Crippen molar-refractivity contribution in [3.63, 3.8) is 0 Å². The molecule has 4 heterocycles. The maximum atomic E-state index is 13.3. The Labute approximate surface area is 318 Å². The molecule has 0 bridgehead atoms. The number of carbonyl (C=O) groups excluding carboxylic acids is 5. The van der Waals surface area contributed by atoms with Crippen molar-refractivity contribution < 1.29 is 28.7 Å². The van der Waals surface area contributed by atoms with Crippen LogP contribution in [0.4, 0.5) is 5.69 Å². The van der Waals surface area contributed by atoms with Crippen molar-refractivity contribution in [2.45, 2.75) is 82.6 Å². The Kier molecular flexibility index (Phi) is 9.85. The average Bonchev–Trinajstić information content (AvgIpc) is 3.67. The van der Waals surface area contributed by atoms with E-state index < -0.39 is 23.8 Å². The van der Waals surface area contributed by atoms with Gasteiger partial charge >= 0.3 is 0 Å². The monoisotopic (exact) mass is 748 g/mol. The zero-order chi connectivity index (χ0) is 37.5. The lowest BCUT2D eigenvalue weighted by Gasteiger charge is -2.35. The molecule has 13 heteroatoms. The minimum absolute atomic E-state index is 0.0404. The van der Waals surface area contributed by atoms with Gasteiger partial charge in [0.2, 0.25) is 11.8 Å². The number of hydrogen-bond donors (Lipinski definition) is 2. The topological polar surface area (TPSA) is 152 Å². The Balaban J connectivity index is 0.780. The number of nitrogens with one attached hydrogen (secondary N) is 2. The Morgan fingerprint density at radius 3 is 2.15 bits per heavy atom. The fourth-order valence-electron chi connectivity index (χ4n) is 8.58. The van der Waals surface area contributed by atoms with E-state index in [9.17, 15) is 24.0 Å². The Morgan fingerprint density at radius 1 is 0.870 bits per heavy atom. The summed E-state index contributed by atoms with van der Waals surface area (Å²) in [5, 5.41) is 14.9. The summed E-state index contributed by atoms with van der Waals surface area (Å²) in [7, 11) is 0. The van der Waals surface area contributed by atoms with Gasteiger partial charge in [0.15, 0.2) is 0 Å². The first-order chi connectivity index (χ1) is 26.1. The van der Waals surface area contributed by atoms with Crippen molar-refractivity contribution in [3.05, 3.63) is 93.0 Å². The molecule has 0 spiro atoms. The van der Waals surface area contributed by atoms with E-state index in [1.165, 1.54) is 0 Å². The van der Waals surface area contributed by atoms with Crippen LogP contribution in [0, 0.1) is 17.2 Å². The van der Waals surface area contributed by atoms with Gasteiger partial charge in [0.05, 0.1) is 27.8 Å². The quantitative estimate of drug-likeness (QED) is 0.305. The molecule has 278 valence electrons. The van der Waals surface area contributed by atoms with E-state index in [-0.39, 0.29) is 36.8 Å². The van der Waals surface area contributed by atoms with Crippen molar-refractivity contribution in [2.75, 3.05) is 24.5 Å². The number of imide groups is 2. The number of benzene rings is 3. The molecule has 3 aromatic rings. The van der Waals surface area contributed by atoms with Gasteiger partial charge in [-0.05, 0) is 111 Å². The molecule has 54 heavy (non-hydrogen) atoms. The van der Waals surface area contributed by atoms with Crippen LogP contribution in [-0.2, 0) is 22.7 Å². The molecule has 8 rings (SSSR count). The normalized spacial score (nSPS) is 23.1. The van der Waals surface area contributed by atoms with E-state index in [0.717, 1.165) is 79.9 Å². The number of nitriles is 1. The highest BCUT2D eigenvalue weighted by molar-refractivity contribution is 6.31. The number of piperidine rings is 2. The second-order valence-corrected chi connectivity index (χ2v) is 15.5. The maximum absolute atomic E-state index is 13.3. The molecule has 1 saturated carbocycles. The zero-order valence-electron chi connectivity index (χ0n) is 29.8. The highest BCUT2D eigenvalue weighted by Crippen LogP contribution is 2.35. The molecule has 3 aromatic carbocycles. The Morgan fingerprint density at radius 2 is 1.54 bits per heavy atom. The van der Waals surface area contributed by atoms with Crippen LogP contribution in [0.2, 0.25) is 5.02 Å². The molecule has 1 aliphatic carbocycles. The van der Waals surface area contributed by atoms with Gasteiger partial charge in [-0.15, -0.1) is 0 Å². The van der Waals surface area contributed by atoms with Crippen molar-refractivity contribution in [1.29, 1.82) is 5.26 Å². The van der Waals surface area contributed by atoms with Crippen molar-refractivity contribution >= 4 is 46.8 Å². The summed E-state index contributed by atoms with van der Waals surface area (Å²) in [6.07, 6.45) is 5.64. The summed E-state index contributed by atoms with van der Waals surface area (Å²) >= 11 is 6.15. The van der Waals surface area contributed by atoms with Crippen LogP contribution < -0.4 is 20.3 Å². The average molecular weight is 749 g/mol. The molecule has 0 unspecified atom stereocenters. The van der Waals surface area contributed by atoms with Crippen LogP contribution in [0.1, 0.15) is 99.1 Å². The van der Waals surface area contributed by atoms with Gasteiger partial charge in [-0.3, -0.25) is 39.1 Å². The number of halogens is 1. The number of fused-ring (bicyclic) bond motifs is 2. The van der Waals surface area contributed by atoms with Gasteiger partial charge in [-0.1, -0.05) is 11.6 Å². The predicted molar refractivity (Wildman–Crippen MR) is 199 cm³/mol. The van der Waals surface area contributed by atoms with Gasteiger partial charge < -0.3 is 15.0 Å². The molecule has 3 fully saturated rings. The predicted octanol–water partition coefficient (Wildman–Crippen LogP) is 4.97. The summed E-state index contributed by atoms with van der Waals surface area (Å²) < 4.78 is 6.09. The molecule has 0 aromatic heterocycles. The summed E-state index contributed by atoms with van der Waals surface area (Å²) in [6.45, 7) is 4.17. The summed E-state index contributed by atoms with van der Waals surface area (Å²) in [5.74, 6) is -0.827. The number of anilines is 1. The minimum Gasteiger partial charge on any atom is -0.490 e. The fourth-order valence-corrected chi connectivity index (χ4v) is 8.79. The lowest BCUT2D eigenvalue weighted by Crippen LogP contribution is -2.54. The van der Waals surface area contributed by atoms with Crippen molar-refractivity contribution in [1.82, 2.24) is 20.4 Å². The van der Waals surface area contributed by atoms with Crippen LogP contribution in [0.5, 0.6) is 5.75 Å². The van der Waals surface area contributed by atoms with Gasteiger partial charge in [-0.25, -0.2) is 0 Å². The molecule has 0 radical (unpaired) electrons. The third kappa shape index (κ3) is 7.18. The second kappa shape index (κ2) is 14.9. The molecule has 2 saturated heterocycles. The third-order valence-electron chi connectivity index (χ3n) is 11.5. The fraction of sp³-hybridized carbons (Fsp3) is 0.415. The van der Waals surface area contributed by atoms with Crippen LogP contribution in [0.25, 0.3) is 0 Å². The third-order valence-corrected chi connectivity index (χ3v) is 11.9. The van der Waals surface area contributed by atoms with E-state index in [0.29, 0.717) is 52.0 Å². The first-order valence-electron chi connectivity index (χ1n) is 18.8. The number of nitrogens with zero attached hydrogens (tertiary/aromatic N) is 4. The lowest BCUT2D eigenvalue weighted by molar-refractivity contribution is -0.136. The summed E-state index contributed by atoms with van der Waals surface area (Å²) in [6, 6.07) is 17.8. The number of carbonyl (C=O) groups is 5. The van der Waals surface area contributed by atoms with Crippen LogP contribution in [-0.4, -0.2) is 77.2 Å². The van der Waals surface area contributed by atoms with E-state index in [1.54, 1.807) is 18.2 Å². The molecule has 2 N–H and O–H groups in total. The van der Waals surface area contributed by atoms with Crippen molar-refractivity contribution in [3.8, 4) is 11.8 Å². The SMILES string of the molecule is N#Cc1ccc(O[C@H]2CC[C@H](NC(=O)c3ccc(N4CCC(CN5Cc6cc7c(cc6C5)C(=O)N([C@@H]5CCC(=O)NC5=O)C7=O)CC4)cc3)CC2)cc1Cl. The van der Waals surface area contributed by atoms with Gasteiger partial charge in [0.25, 0.3) is 17.7 Å². The summed E-state index contributed by atoms with van der Waals surface area (Å²) in [4.78, 5) is 69.4. The number of amides is 5. The molecule has 4 aliphatic heterocycles. The zero-order valence-corrected chi connectivity index (χ0v) is 30.6. The van der Waals surface area contributed by atoms with Crippen LogP contribution >= 0.6 is 11.6 Å². The minimum atomic E-state index is -0.961. The largest absolute Gasteiger partial charge is 0.490 e. The molecular formula is C41H41ClN6O6. The molecule has 5 amide bonds. The smallest absolute Gasteiger partial charge is 0.262 e. The standard InChI is InChI=1S/C41H41ClN6O6/c42-35-19-32(8-3-26(35)20-43)54-31-9-4-29(5-10-31)44-38(50)25-1-6-30(7-2-25)47-15-13-24(14-16-47)21-46-22-27-17-33-34(18-28(27)23-46)41(53)48(40(33)52)36-11-12-37(49)45-39(36)51/h1-3,6-8,17-19,24,29,31,36H,4-5,9-16,21-23H2,(H,44,50)(H,45,49,51)/t29-,31-,36-/m1/s1. The lowest BCUT2D eigenvalue weighted by atomic mass is 9.92. The van der Waals surface area contributed by atoms with Gasteiger partial charge in [0, 0.05) is 62.5 Å². The molecule has 1 atom stereocenters. The second-order valence-electron chi connectivity index (χ2n) is 15.1. The van der Waals surface area contributed by atoms with Gasteiger partial charge in [-0.2, -0.15) is 5.26 Å².